The molecule has 0 fully saturated rings. The Morgan fingerprint density at radius 2 is 1.77 bits per heavy atom. The lowest BCUT2D eigenvalue weighted by Gasteiger charge is -2.13. The zero-order chi connectivity index (χ0) is 15.9. The third kappa shape index (κ3) is 3.22. The summed E-state index contributed by atoms with van der Waals surface area (Å²) in [5.41, 5.74) is 0.618. The van der Waals surface area contributed by atoms with Crippen LogP contribution in [0.2, 0.25) is 0 Å². The van der Waals surface area contributed by atoms with Gasteiger partial charge >= 0.3 is 6.01 Å². The molecule has 0 saturated heterocycles. The van der Waals surface area contributed by atoms with Crippen LogP contribution in [-0.2, 0) is 4.74 Å². The summed E-state index contributed by atoms with van der Waals surface area (Å²) < 4.78 is 26.5. The van der Waals surface area contributed by atoms with Crippen LogP contribution in [-0.4, -0.2) is 51.8 Å². The molecule has 0 aliphatic carbocycles. The first-order chi connectivity index (χ1) is 10.7. The molecule has 8 heteroatoms. The minimum atomic E-state index is 0.309. The summed E-state index contributed by atoms with van der Waals surface area (Å²) in [7, 11) is 6.25. The second kappa shape index (κ2) is 7.51. The molecular weight excluding hydrogens is 290 g/mol. The number of nitrogens with one attached hydrogen (secondary N) is 1. The van der Waals surface area contributed by atoms with Gasteiger partial charge in [-0.2, -0.15) is 0 Å². The van der Waals surface area contributed by atoms with E-state index in [-0.39, 0.29) is 0 Å². The molecule has 0 spiro atoms. The van der Waals surface area contributed by atoms with E-state index in [1.54, 1.807) is 26.4 Å². The number of hydrogen-bond acceptors (Lipinski definition) is 8. The maximum Gasteiger partial charge on any atom is 0.315 e. The van der Waals surface area contributed by atoms with Crippen LogP contribution in [0.3, 0.4) is 0 Å². The van der Waals surface area contributed by atoms with Gasteiger partial charge in [-0.3, -0.25) is 0 Å². The predicted molar refractivity (Wildman–Crippen MR) is 79.8 cm³/mol. The molecule has 22 heavy (non-hydrogen) atoms. The van der Waals surface area contributed by atoms with Gasteiger partial charge in [0.25, 0.3) is 5.89 Å². The van der Waals surface area contributed by atoms with Crippen molar-refractivity contribution < 1.29 is 23.4 Å². The van der Waals surface area contributed by atoms with Crippen molar-refractivity contribution in [1.29, 1.82) is 0 Å². The van der Waals surface area contributed by atoms with Crippen molar-refractivity contribution >= 4 is 6.01 Å². The lowest BCUT2D eigenvalue weighted by Crippen LogP contribution is -2.07. The summed E-state index contributed by atoms with van der Waals surface area (Å²) in [6.07, 6.45) is 0. The van der Waals surface area contributed by atoms with E-state index in [2.05, 4.69) is 15.5 Å². The Morgan fingerprint density at radius 3 is 2.41 bits per heavy atom. The fraction of sp³-hybridized carbons (Fsp3) is 0.429. The average molecular weight is 309 g/mol. The maximum atomic E-state index is 5.57. The van der Waals surface area contributed by atoms with E-state index in [1.807, 2.05) is 0 Å². The zero-order valence-corrected chi connectivity index (χ0v) is 13.0. The molecule has 8 nitrogen and oxygen atoms in total. The lowest BCUT2D eigenvalue weighted by atomic mass is 10.1. The second-order valence-electron chi connectivity index (χ2n) is 4.21. The van der Waals surface area contributed by atoms with Crippen LogP contribution in [0.1, 0.15) is 0 Å². The van der Waals surface area contributed by atoms with Gasteiger partial charge in [-0.1, -0.05) is 5.10 Å². The third-order valence-electron chi connectivity index (χ3n) is 2.94. The number of anilines is 1. The van der Waals surface area contributed by atoms with Crippen LogP contribution < -0.4 is 19.5 Å². The smallest absolute Gasteiger partial charge is 0.315 e. The number of benzene rings is 1. The molecule has 2 rings (SSSR count). The molecule has 0 bridgehead atoms. The van der Waals surface area contributed by atoms with Crippen molar-refractivity contribution in [2.75, 3.05) is 46.9 Å². The highest BCUT2D eigenvalue weighted by molar-refractivity contribution is 5.71. The van der Waals surface area contributed by atoms with Gasteiger partial charge in [0.1, 0.15) is 0 Å². The van der Waals surface area contributed by atoms with Crippen molar-refractivity contribution in [2.45, 2.75) is 0 Å². The van der Waals surface area contributed by atoms with Crippen LogP contribution in [0.4, 0.5) is 6.01 Å². The van der Waals surface area contributed by atoms with Crippen LogP contribution in [0.5, 0.6) is 17.2 Å². The summed E-state index contributed by atoms with van der Waals surface area (Å²) in [4.78, 5) is 0. The SMILES string of the molecule is COCCNc1nnc(-c2ccc(OC)c(OC)c2OC)o1. The van der Waals surface area contributed by atoms with Crippen molar-refractivity contribution in [1.82, 2.24) is 10.2 Å². The topological polar surface area (TPSA) is 87.9 Å². The zero-order valence-electron chi connectivity index (χ0n) is 13.0. The lowest BCUT2D eigenvalue weighted by molar-refractivity contribution is 0.210. The highest BCUT2D eigenvalue weighted by Gasteiger charge is 2.20. The molecule has 0 unspecified atom stereocenters. The predicted octanol–water partition coefficient (Wildman–Crippen LogP) is 1.82. The molecule has 1 heterocycles. The number of ether oxygens (including phenoxy) is 4. The highest BCUT2D eigenvalue weighted by atomic mass is 16.5. The fourth-order valence-corrected chi connectivity index (χ4v) is 1.93. The van der Waals surface area contributed by atoms with E-state index in [9.17, 15) is 0 Å². The number of methoxy groups -OCH3 is 4. The first kappa shape index (κ1) is 15.9. The highest BCUT2D eigenvalue weighted by Crippen LogP contribution is 2.43. The Hall–Kier alpha value is -2.48. The molecule has 0 radical (unpaired) electrons. The molecular formula is C14H19N3O5. The van der Waals surface area contributed by atoms with Crippen molar-refractivity contribution in [3.8, 4) is 28.7 Å². The van der Waals surface area contributed by atoms with Gasteiger partial charge in [-0.05, 0) is 12.1 Å². The minimum Gasteiger partial charge on any atom is -0.493 e. The standard InChI is InChI=1S/C14H19N3O5/c1-18-8-7-15-14-17-16-13(22-14)9-5-6-10(19-2)12(21-4)11(9)20-3/h5-6H,7-8H2,1-4H3,(H,15,17). The van der Waals surface area contributed by atoms with Gasteiger partial charge in [-0.25, -0.2) is 0 Å². The monoisotopic (exact) mass is 309 g/mol. The summed E-state index contributed by atoms with van der Waals surface area (Å²) in [5.74, 6) is 1.81. The number of aromatic nitrogens is 2. The number of nitrogens with zero attached hydrogens (tertiary/aromatic N) is 2. The second-order valence-corrected chi connectivity index (χ2v) is 4.21. The normalized spacial score (nSPS) is 10.4. The third-order valence-corrected chi connectivity index (χ3v) is 2.94. The van der Waals surface area contributed by atoms with Gasteiger partial charge in [0.15, 0.2) is 11.5 Å². The fourth-order valence-electron chi connectivity index (χ4n) is 1.93. The Labute approximate surface area is 128 Å². The first-order valence-corrected chi connectivity index (χ1v) is 6.60. The molecule has 0 aliphatic rings. The van der Waals surface area contributed by atoms with Gasteiger partial charge < -0.3 is 28.7 Å². The van der Waals surface area contributed by atoms with E-state index in [0.29, 0.717) is 47.9 Å². The van der Waals surface area contributed by atoms with Gasteiger partial charge in [0.05, 0.1) is 33.5 Å². The molecule has 1 N–H and O–H groups in total. The number of rotatable bonds is 8. The molecule has 1 aromatic heterocycles. The Balaban J connectivity index is 2.32. The van der Waals surface area contributed by atoms with Crippen molar-refractivity contribution in [2.24, 2.45) is 0 Å². The van der Waals surface area contributed by atoms with Crippen LogP contribution >= 0.6 is 0 Å². The number of hydrogen-bond donors (Lipinski definition) is 1. The summed E-state index contributed by atoms with van der Waals surface area (Å²) in [5, 5.41) is 10.9. The van der Waals surface area contributed by atoms with Crippen LogP contribution in [0.25, 0.3) is 11.5 Å². The van der Waals surface area contributed by atoms with E-state index in [4.69, 9.17) is 23.4 Å². The molecule has 0 saturated carbocycles. The van der Waals surface area contributed by atoms with Gasteiger partial charge in [0.2, 0.25) is 5.75 Å². The van der Waals surface area contributed by atoms with Crippen LogP contribution in [0.15, 0.2) is 16.5 Å². The van der Waals surface area contributed by atoms with E-state index in [1.165, 1.54) is 14.2 Å². The van der Waals surface area contributed by atoms with E-state index < -0.39 is 0 Å². The van der Waals surface area contributed by atoms with E-state index >= 15 is 0 Å². The maximum absolute atomic E-state index is 5.57. The van der Waals surface area contributed by atoms with Crippen molar-refractivity contribution in [3.63, 3.8) is 0 Å². The largest absolute Gasteiger partial charge is 0.493 e. The summed E-state index contributed by atoms with van der Waals surface area (Å²) >= 11 is 0. The van der Waals surface area contributed by atoms with Crippen molar-refractivity contribution in [3.05, 3.63) is 12.1 Å². The van der Waals surface area contributed by atoms with Crippen LogP contribution in [0, 0.1) is 0 Å². The molecule has 0 amide bonds. The molecule has 120 valence electrons. The molecule has 0 atom stereocenters. The summed E-state index contributed by atoms with van der Waals surface area (Å²) in [6.45, 7) is 1.11. The van der Waals surface area contributed by atoms with E-state index in [0.717, 1.165) is 0 Å². The van der Waals surface area contributed by atoms with Gasteiger partial charge in [-0.15, -0.1) is 5.10 Å². The van der Waals surface area contributed by atoms with Gasteiger partial charge in [0, 0.05) is 13.7 Å². The Bertz CT molecular complexity index is 615. The molecule has 0 aliphatic heterocycles. The minimum absolute atomic E-state index is 0.309. The Morgan fingerprint density at radius 1 is 1.00 bits per heavy atom. The average Bonchev–Trinajstić information content (AvgIpc) is 3.02. The first-order valence-electron chi connectivity index (χ1n) is 6.60. The Kier molecular flexibility index (Phi) is 5.42. The summed E-state index contributed by atoms with van der Waals surface area (Å²) in [6, 6.07) is 3.83. The molecule has 1 aromatic carbocycles. The quantitative estimate of drug-likeness (QED) is 0.739. The molecule has 2 aromatic rings.